The predicted octanol–water partition coefficient (Wildman–Crippen LogP) is 3.99. The van der Waals surface area contributed by atoms with Crippen LogP contribution in [0.3, 0.4) is 0 Å². The molecule has 0 saturated carbocycles. The summed E-state index contributed by atoms with van der Waals surface area (Å²) in [6.45, 7) is 12.9. The number of ketones is 1. The van der Waals surface area contributed by atoms with E-state index in [1.807, 2.05) is 32.9 Å². The molecular formula is C31H48N4O5. The number of nitrogens with one attached hydrogen (secondary N) is 1. The van der Waals surface area contributed by atoms with Crippen LogP contribution in [0.25, 0.3) is 0 Å². The minimum absolute atomic E-state index is 0.0628. The van der Waals surface area contributed by atoms with Crippen LogP contribution < -0.4 is 11.1 Å². The second-order valence-corrected chi connectivity index (χ2v) is 13.5. The highest BCUT2D eigenvalue weighted by atomic mass is 16.6. The molecule has 9 heteroatoms. The Morgan fingerprint density at radius 1 is 1.12 bits per heavy atom. The van der Waals surface area contributed by atoms with Gasteiger partial charge in [0.25, 0.3) is 0 Å². The van der Waals surface area contributed by atoms with Crippen molar-refractivity contribution in [2.45, 2.75) is 110 Å². The van der Waals surface area contributed by atoms with Gasteiger partial charge in [-0.05, 0) is 69.9 Å². The smallest absolute Gasteiger partial charge is 0.410 e. The number of fused-ring (bicyclic) bond motifs is 1. The first-order valence-electron chi connectivity index (χ1n) is 14.4. The fourth-order valence-electron chi connectivity index (χ4n) is 5.58. The number of carbonyl (C=O) groups excluding carboxylic acids is 4. The first-order chi connectivity index (χ1) is 18.5. The molecule has 1 aliphatic carbocycles. The molecule has 3 N–H and O–H groups in total. The Labute approximate surface area is 239 Å². The van der Waals surface area contributed by atoms with E-state index in [1.54, 1.807) is 32.6 Å². The van der Waals surface area contributed by atoms with Gasteiger partial charge in [0.15, 0.2) is 5.78 Å². The van der Waals surface area contributed by atoms with Gasteiger partial charge in [-0.25, -0.2) is 4.79 Å². The van der Waals surface area contributed by atoms with Crippen LogP contribution in [0.4, 0.5) is 4.79 Å². The fourth-order valence-corrected chi connectivity index (χ4v) is 5.58. The lowest BCUT2D eigenvalue weighted by atomic mass is 9.76. The minimum Gasteiger partial charge on any atom is -0.444 e. The van der Waals surface area contributed by atoms with E-state index in [1.165, 1.54) is 17.5 Å². The summed E-state index contributed by atoms with van der Waals surface area (Å²) in [6, 6.07) is 6.25. The SMILES string of the molecule is C[C@@H](C(=O)C[C@H](C(=O)N1C[C@@H](N)CC1C(=O)N[C@@H]1CCCc2ccccc21)C(C)(C)C)N(C)C(=O)OC(C)(C)C. The zero-order chi connectivity index (χ0) is 30.0. The molecule has 1 aliphatic heterocycles. The van der Waals surface area contributed by atoms with Crippen LogP contribution in [0.15, 0.2) is 24.3 Å². The fraction of sp³-hybridized carbons (Fsp3) is 0.677. The maximum atomic E-state index is 14.0. The number of likely N-dealkylation sites (tertiary alicyclic amines) is 1. The summed E-state index contributed by atoms with van der Waals surface area (Å²) in [6.07, 6.45) is 2.53. The van der Waals surface area contributed by atoms with Gasteiger partial charge in [-0.1, -0.05) is 45.0 Å². The quantitative estimate of drug-likeness (QED) is 0.524. The lowest BCUT2D eigenvalue weighted by Crippen LogP contribution is -2.51. The highest BCUT2D eigenvalue weighted by Gasteiger charge is 2.45. The molecule has 1 aromatic carbocycles. The number of amides is 3. The van der Waals surface area contributed by atoms with E-state index >= 15 is 0 Å². The molecule has 0 bridgehead atoms. The third-order valence-corrected chi connectivity index (χ3v) is 8.08. The average Bonchev–Trinajstić information content (AvgIpc) is 3.26. The van der Waals surface area contributed by atoms with Gasteiger partial charge in [0, 0.05) is 32.0 Å². The number of ether oxygens (including phenoxy) is 1. The number of Topliss-reactive ketones (excluding diaryl/α,β-unsaturated/α-hetero) is 1. The third-order valence-electron chi connectivity index (χ3n) is 8.08. The van der Waals surface area contributed by atoms with Crippen molar-refractivity contribution in [1.29, 1.82) is 0 Å². The van der Waals surface area contributed by atoms with Crippen molar-refractivity contribution >= 4 is 23.7 Å². The lowest BCUT2D eigenvalue weighted by molar-refractivity contribution is -0.146. The van der Waals surface area contributed by atoms with Gasteiger partial charge in [-0.3, -0.25) is 14.4 Å². The molecule has 5 atom stereocenters. The molecule has 1 saturated heterocycles. The van der Waals surface area contributed by atoms with Crippen molar-refractivity contribution in [2.75, 3.05) is 13.6 Å². The summed E-state index contributed by atoms with van der Waals surface area (Å²) in [4.78, 5) is 56.3. The standard InChI is InChI=1S/C31H48N4O5/c1-19(34(8)29(39)40-31(5,6)7)26(36)17-23(30(2,3)4)28(38)35-18-21(32)16-25(35)27(37)33-24-15-11-13-20-12-9-10-14-22(20)24/h9-10,12,14,19,21,23-25H,11,13,15-18,32H2,1-8H3,(H,33,37)/t19-,21-,23+,24+,25?/m0/s1. The van der Waals surface area contributed by atoms with Gasteiger partial charge >= 0.3 is 6.09 Å². The van der Waals surface area contributed by atoms with E-state index in [4.69, 9.17) is 10.5 Å². The Bertz CT molecular complexity index is 1110. The maximum absolute atomic E-state index is 14.0. The summed E-state index contributed by atoms with van der Waals surface area (Å²) in [5.41, 5.74) is 7.40. The number of hydrogen-bond acceptors (Lipinski definition) is 6. The summed E-state index contributed by atoms with van der Waals surface area (Å²) in [5, 5.41) is 3.19. The molecule has 1 heterocycles. The Kier molecular flexibility index (Phi) is 9.70. The number of nitrogens with zero attached hydrogens (tertiary/aromatic N) is 2. The van der Waals surface area contributed by atoms with E-state index in [-0.39, 0.29) is 42.6 Å². The minimum atomic E-state index is -0.779. The van der Waals surface area contributed by atoms with Crippen LogP contribution in [0, 0.1) is 11.3 Å². The molecule has 1 aromatic rings. The van der Waals surface area contributed by atoms with E-state index in [0.29, 0.717) is 6.42 Å². The van der Waals surface area contributed by atoms with Gasteiger partial charge in [0.2, 0.25) is 11.8 Å². The normalized spacial score (nSPS) is 22.6. The molecule has 2 aliphatic rings. The van der Waals surface area contributed by atoms with Crippen molar-refractivity contribution in [3.05, 3.63) is 35.4 Å². The molecular weight excluding hydrogens is 508 g/mol. The number of carbonyl (C=O) groups is 4. The zero-order valence-corrected chi connectivity index (χ0v) is 25.5. The summed E-state index contributed by atoms with van der Waals surface area (Å²) >= 11 is 0. The molecule has 222 valence electrons. The number of likely N-dealkylation sites (N-methyl/N-ethyl adjacent to an activating group) is 1. The molecule has 0 spiro atoms. The van der Waals surface area contributed by atoms with Crippen LogP contribution >= 0.6 is 0 Å². The number of hydrogen-bond donors (Lipinski definition) is 2. The van der Waals surface area contributed by atoms with E-state index in [0.717, 1.165) is 24.8 Å². The van der Waals surface area contributed by atoms with Gasteiger partial charge in [-0.2, -0.15) is 0 Å². The number of aryl methyl sites for hydroxylation is 1. The molecule has 3 rings (SSSR count). The molecule has 0 aromatic heterocycles. The number of rotatable bonds is 7. The van der Waals surface area contributed by atoms with Gasteiger partial charge in [0.1, 0.15) is 11.6 Å². The average molecular weight is 557 g/mol. The van der Waals surface area contributed by atoms with Crippen LogP contribution in [0.2, 0.25) is 0 Å². The Morgan fingerprint density at radius 2 is 1.77 bits per heavy atom. The molecule has 0 radical (unpaired) electrons. The summed E-state index contributed by atoms with van der Waals surface area (Å²) in [5.74, 6) is -1.40. The Morgan fingerprint density at radius 3 is 2.40 bits per heavy atom. The van der Waals surface area contributed by atoms with Crippen molar-refractivity contribution < 1.29 is 23.9 Å². The monoisotopic (exact) mass is 556 g/mol. The van der Waals surface area contributed by atoms with Crippen LogP contribution in [-0.2, 0) is 25.5 Å². The van der Waals surface area contributed by atoms with Gasteiger partial charge < -0.3 is 25.6 Å². The third kappa shape index (κ3) is 7.62. The van der Waals surface area contributed by atoms with Crippen molar-refractivity contribution in [3.63, 3.8) is 0 Å². The topological polar surface area (TPSA) is 122 Å². The largest absolute Gasteiger partial charge is 0.444 e. The number of nitrogens with two attached hydrogens (primary N) is 1. The van der Waals surface area contributed by atoms with Crippen molar-refractivity contribution in [1.82, 2.24) is 15.1 Å². The van der Waals surface area contributed by atoms with Gasteiger partial charge in [0.05, 0.1) is 12.1 Å². The lowest BCUT2D eigenvalue weighted by Gasteiger charge is -2.36. The highest BCUT2D eigenvalue weighted by molar-refractivity contribution is 5.94. The zero-order valence-electron chi connectivity index (χ0n) is 25.5. The molecule has 9 nitrogen and oxygen atoms in total. The van der Waals surface area contributed by atoms with E-state index < -0.39 is 35.1 Å². The molecule has 1 fully saturated rings. The van der Waals surface area contributed by atoms with Gasteiger partial charge in [-0.15, -0.1) is 0 Å². The molecule has 1 unspecified atom stereocenters. The van der Waals surface area contributed by atoms with Crippen LogP contribution in [-0.4, -0.2) is 70.8 Å². The second-order valence-electron chi connectivity index (χ2n) is 13.5. The molecule has 3 amide bonds. The first-order valence-corrected chi connectivity index (χ1v) is 14.4. The predicted molar refractivity (Wildman–Crippen MR) is 154 cm³/mol. The second kappa shape index (κ2) is 12.3. The Hall–Kier alpha value is -2.94. The molecule has 40 heavy (non-hydrogen) atoms. The summed E-state index contributed by atoms with van der Waals surface area (Å²) in [7, 11) is 1.52. The van der Waals surface area contributed by atoms with Crippen molar-refractivity contribution in [2.24, 2.45) is 17.1 Å². The maximum Gasteiger partial charge on any atom is 0.410 e. The van der Waals surface area contributed by atoms with E-state index in [9.17, 15) is 19.2 Å². The summed E-state index contributed by atoms with van der Waals surface area (Å²) < 4.78 is 5.41. The van der Waals surface area contributed by atoms with Crippen LogP contribution in [0.5, 0.6) is 0 Å². The number of benzene rings is 1. The first kappa shape index (κ1) is 31.6. The Balaban J connectivity index is 1.75. The van der Waals surface area contributed by atoms with Crippen molar-refractivity contribution in [3.8, 4) is 0 Å². The van der Waals surface area contributed by atoms with Crippen LogP contribution in [0.1, 0.15) is 91.3 Å². The van der Waals surface area contributed by atoms with E-state index in [2.05, 4.69) is 17.4 Å². The highest BCUT2D eigenvalue weighted by Crippen LogP contribution is 2.35.